The molecule has 0 atom stereocenters. The van der Waals surface area contributed by atoms with Crippen LogP contribution in [0.15, 0.2) is 48.5 Å². The molecular weight excluding hydrogens is 278 g/mol. The first-order chi connectivity index (χ1) is 8.24. The summed E-state index contributed by atoms with van der Waals surface area (Å²) < 4.78 is 13.9. The zero-order valence-corrected chi connectivity index (χ0v) is 11.1. The molecule has 0 aromatic heterocycles. The van der Waals surface area contributed by atoms with E-state index in [1.165, 1.54) is 22.2 Å². The van der Waals surface area contributed by atoms with E-state index in [0.717, 1.165) is 5.56 Å². The Hall–Kier alpha value is -1.55. The van der Waals surface area contributed by atoms with Gasteiger partial charge in [-0.2, -0.15) is 0 Å². The summed E-state index contributed by atoms with van der Waals surface area (Å²) in [7, 11) is 0. The van der Waals surface area contributed by atoms with Crippen LogP contribution in [0.1, 0.15) is 11.1 Å². The number of hydrogen-bond donors (Lipinski definition) is 0. The summed E-state index contributed by atoms with van der Waals surface area (Å²) in [6.45, 7) is 2.07. The third kappa shape index (κ3) is 3.75. The van der Waals surface area contributed by atoms with Crippen LogP contribution < -0.4 is 4.46 Å². The summed E-state index contributed by atoms with van der Waals surface area (Å²) in [5.74, 6) is 2.82. The second-order valence-electron chi connectivity index (χ2n) is 3.65. The number of benzene rings is 2. The molecule has 84 valence electrons. The average Bonchev–Trinajstić information content (AvgIpc) is 2.34. The van der Waals surface area contributed by atoms with Crippen molar-refractivity contribution in [2.45, 2.75) is 6.92 Å². The molecule has 0 heterocycles. The zero-order chi connectivity index (χ0) is 12.1. The molecule has 0 aliphatic rings. The Morgan fingerprint density at radius 1 is 0.941 bits per heavy atom. The maximum atomic E-state index is 12.7. The van der Waals surface area contributed by atoms with Gasteiger partial charge < -0.3 is 0 Å². The van der Waals surface area contributed by atoms with Gasteiger partial charge in [-0.05, 0) is 0 Å². The Kier molecular flexibility index (Phi) is 3.98. The first kappa shape index (κ1) is 11.9. The summed E-state index contributed by atoms with van der Waals surface area (Å²) >= 11 is 0.155. The van der Waals surface area contributed by atoms with Gasteiger partial charge in [-0.15, -0.1) is 0 Å². The van der Waals surface area contributed by atoms with Crippen LogP contribution in [0.2, 0.25) is 0 Å². The first-order valence-electron chi connectivity index (χ1n) is 5.24. The van der Waals surface area contributed by atoms with Crippen LogP contribution >= 0.6 is 0 Å². The Morgan fingerprint density at radius 3 is 2.24 bits per heavy atom. The zero-order valence-electron chi connectivity index (χ0n) is 9.41. The van der Waals surface area contributed by atoms with E-state index in [1.54, 1.807) is 12.1 Å². The fraction of sp³-hybridized carbons (Fsp3) is 0.0667. The SMILES string of the molecule is Cc1ccc([Se]C#Cc2ccc(F)cc2)cc1. The van der Waals surface area contributed by atoms with Crippen LogP contribution in [-0.4, -0.2) is 15.0 Å². The van der Waals surface area contributed by atoms with Gasteiger partial charge in [0.2, 0.25) is 0 Å². The van der Waals surface area contributed by atoms with E-state index in [0.29, 0.717) is 0 Å². The predicted octanol–water partition coefficient (Wildman–Crippen LogP) is 2.47. The van der Waals surface area contributed by atoms with Crippen LogP contribution in [-0.2, 0) is 0 Å². The summed E-state index contributed by atoms with van der Waals surface area (Å²) in [6.07, 6.45) is 0. The van der Waals surface area contributed by atoms with Gasteiger partial charge in [0.1, 0.15) is 0 Å². The second-order valence-corrected chi connectivity index (χ2v) is 5.49. The maximum absolute atomic E-state index is 12.7. The molecule has 0 bridgehead atoms. The van der Waals surface area contributed by atoms with Crippen LogP contribution in [0.3, 0.4) is 0 Å². The quantitative estimate of drug-likeness (QED) is 0.559. The third-order valence-electron chi connectivity index (χ3n) is 2.23. The van der Waals surface area contributed by atoms with Crippen LogP contribution in [0.5, 0.6) is 0 Å². The van der Waals surface area contributed by atoms with Crippen molar-refractivity contribution in [3.05, 3.63) is 65.5 Å². The van der Waals surface area contributed by atoms with Gasteiger partial charge in [0.05, 0.1) is 0 Å². The van der Waals surface area contributed by atoms with E-state index in [2.05, 4.69) is 41.9 Å². The summed E-state index contributed by atoms with van der Waals surface area (Å²) in [6, 6.07) is 14.7. The molecule has 0 N–H and O–H groups in total. The van der Waals surface area contributed by atoms with E-state index in [9.17, 15) is 4.39 Å². The van der Waals surface area contributed by atoms with Crippen molar-refractivity contribution in [2.24, 2.45) is 0 Å². The molecule has 0 aliphatic heterocycles. The van der Waals surface area contributed by atoms with Gasteiger partial charge in [-0.1, -0.05) is 0 Å². The minimum absolute atomic E-state index is 0.155. The molecule has 0 nitrogen and oxygen atoms in total. The van der Waals surface area contributed by atoms with E-state index in [1.807, 2.05) is 0 Å². The van der Waals surface area contributed by atoms with Gasteiger partial charge >= 0.3 is 107 Å². The van der Waals surface area contributed by atoms with Gasteiger partial charge in [0.15, 0.2) is 0 Å². The molecule has 0 saturated heterocycles. The van der Waals surface area contributed by atoms with Crippen molar-refractivity contribution < 1.29 is 4.39 Å². The molecular formula is C15H11FSe. The van der Waals surface area contributed by atoms with E-state index in [4.69, 9.17) is 0 Å². The Balaban J connectivity index is 2.03. The predicted molar refractivity (Wildman–Crippen MR) is 69.8 cm³/mol. The number of rotatable bonds is 1. The Labute approximate surface area is 107 Å². The monoisotopic (exact) mass is 290 g/mol. The minimum atomic E-state index is -0.223. The summed E-state index contributed by atoms with van der Waals surface area (Å²) in [5, 5.41) is 0. The van der Waals surface area contributed by atoms with Crippen molar-refractivity contribution in [2.75, 3.05) is 0 Å². The fourth-order valence-corrected chi connectivity index (χ4v) is 2.46. The average molecular weight is 289 g/mol. The topological polar surface area (TPSA) is 0 Å². The van der Waals surface area contributed by atoms with E-state index < -0.39 is 0 Å². The van der Waals surface area contributed by atoms with Gasteiger partial charge in [0.25, 0.3) is 0 Å². The second kappa shape index (κ2) is 5.68. The standard InChI is InChI=1S/C15H11FSe/c1-12-2-8-15(9-3-12)17-11-10-13-4-6-14(16)7-5-13/h2-9H,1H3. The first-order valence-corrected chi connectivity index (χ1v) is 6.95. The van der Waals surface area contributed by atoms with Gasteiger partial charge in [-0.25, -0.2) is 0 Å². The molecule has 17 heavy (non-hydrogen) atoms. The van der Waals surface area contributed by atoms with Crippen LogP contribution in [0.25, 0.3) is 0 Å². The van der Waals surface area contributed by atoms with Gasteiger partial charge in [-0.3, -0.25) is 0 Å². The Bertz CT molecular complexity index is 544. The molecule has 2 heteroatoms. The number of halogens is 1. The normalized spacial score (nSPS) is 9.53. The fourth-order valence-electron chi connectivity index (χ4n) is 1.28. The molecule has 0 aliphatic carbocycles. The van der Waals surface area contributed by atoms with Crippen molar-refractivity contribution in [1.29, 1.82) is 0 Å². The van der Waals surface area contributed by atoms with Crippen LogP contribution in [0.4, 0.5) is 4.39 Å². The molecule has 0 amide bonds. The molecule has 0 spiro atoms. The van der Waals surface area contributed by atoms with E-state index in [-0.39, 0.29) is 20.8 Å². The Morgan fingerprint density at radius 2 is 1.59 bits per heavy atom. The molecule has 0 saturated carbocycles. The number of hydrogen-bond acceptors (Lipinski definition) is 0. The van der Waals surface area contributed by atoms with Crippen molar-refractivity contribution in [1.82, 2.24) is 0 Å². The molecule has 0 unspecified atom stereocenters. The molecule has 0 radical (unpaired) electrons. The molecule has 2 aromatic carbocycles. The van der Waals surface area contributed by atoms with Crippen LogP contribution in [0, 0.1) is 23.5 Å². The van der Waals surface area contributed by atoms with Gasteiger partial charge in [0, 0.05) is 0 Å². The van der Waals surface area contributed by atoms with Crippen molar-refractivity contribution >= 4 is 19.4 Å². The number of aryl methyl sites for hydroxylation is 1. The van der Waals surface area contributed by atoms with E-state index >= 15 is 0 Å². The molecule has 2 aromatic rings. The van der Waals surface area contributed by atoms with Crippen molar-refractivity contribution in [3.63, 3.8) is 0 Å². The summed E-state index contributed by atoms with van der Waals surface area (Å²) in [5.41, 5.74) is 2.12. The molecule has 2 rings (SSSR count). The van der Waals surface area contributed by atoms with Crippen molar-refractivity contribution in [3.8, 4) is 10.7 Å². The summed E-state index contributed by atoms with van der Waals surface area (Å²) in [4.78, 5) is 3.15. The molecule has 0 fully saturated rings. The third-order valence-corrected chi connectivity index (χ3v) is 3.72.